The lowest BCUT2D eigenvalue weighted by Crippen LogP contribution is -2.02. The van der Waals surface area contributed by atoms with E-state index in [0.717, 1.165) is 66.7 Å². The first kappa shape index (κ1) is 57.6. The maximum absolute atomic E-state index is 12.7. The van der Waals surface area contributed by atoms with Crippen molar-refractivity contribution in [1.29, 1.82) is 0 Å². The van der Waals surface area contributed by atoms with Crippen molar-refractivity contribution in [1.82, 2.24) is 0 Å². The second-order valence-electron chi connectivity index (χ2n) is 16.2. The molecular weight excluding hydrogens is 1190 g/mol. The van der Waals surface area contributed by atoms with Crippen LogP contribution in [0.5, 0.6) is 23.0 Å². The first-order valence-electron chi connectivity index (χ1n) is 21.1. The smallest absolute Gasteiger partial charge is 0.296 e. The number of benzene rings is 8. The second-order valence-corrected chi connectivity index (χ2v) is 24.6. The Labute approximate surface area is 448 Å². The standard InChI is InChI=1S/C43H31N9O22S6/c1-74-23-5-9-28(34(16-23)78(65,66)67)47-51-39-36(80(71,72)73)14-20-12-21(4-7-25(20)41(39)53)45-48-29-10-8-26-33(77(62,63)64)18-31(38(44)37(26)43(29)55)50-46-22-3-2-19-13-35(79(68,69)70)40(42(54)27(19)15-22)52-49-30-17-24(75(56,57)58)6-11-32(30)76(59,60)61/h2-18,53-55H,44H2,1H3,(H,56,57,58)(H,59,60,61)(H,62,63,64)(H,65,66,67)(H,68,69,70)(H,71,72,73). The number of rotatable bonds is 15. The molecule has 416 valence electrons. The van der Waals surface area contributed by atoms with Crippen LogP contribution >= 0.6 is 0 Å². The van der Waals surface area contributed by atoms with Crippen LogP contribution in [0.2, 0.25) is 0 Å². The normalized spacial score (nSPS) is 13.3. The fraction of sp³-hybridized carbons (Fsp3) is 0.0233. The predicted molar refractivity (Wildman–Crippen MR) is 276 cm³/mol. The fourth-order valence-corrected chi connectivity index (χ4v) is 11.3. The fourth-order valence-electron chi connectivity index (χ4n) is 7.52. The number of phenols is 3. The Morgan fingerprint density at radius 2 is 0.875 bits per heavy atom. The van der Waals surface area contributed by atoms with Gasteiger partial charge in [-0.2, -0.15) is 60.7 Å². The molecule has 0 amide bonds. The molecule has 0 spiro atoms. The van der Waals surface area contributed by atoms with Crippen LogP contribution in [0.4, 0.5) is 51.2 Å². The first-order valence-corrected chi connectivity index (χ1v) is 29.7. The van der Waals surface area contributed by atoms with Gasteiger partial charge in [0.2, 0.25) is 0 Å². The van der Waals surface area contributed by atoms with Crippen LogP contribution < -0.4 is 10.5 Å². The zero-order valence-electron chi connectivity index (χ0n) is 39.3. The Kier molecular flexibility index (Phi) is 14.8. The monoisotopic (exact) mass is 1220 g/mol. The van der Waals surface area contributed by atoms with Gasteiger partial charge in [-0.05, 0) is 95.7 Å². The summed E-state index contributed by atoms with van der Waals surface area (Å²) in [5.74, 6) is -2.86. The number of methoxy groups -OCH3 is 1. The number of azo groups is 4. The summed E-state index contributed by atoms with van der Waals surface area (Å²) in [6.07, 6.45) is 0. The van der Waals surface area contributed by atoms with Gasteiger partial charge in [-0.15, -0.1) is 30.7 Å². The SMILES string of the molecule is COc1ccc(N=Nc2c(S(=O)(=O)O)cc3cc(N=Nc4ccc5c(S(=O)(=O)O)cc(N=Nc6ccc7cc(S(=O)(=O)O)c(N=Nc8cc(S(=O)(=O)O)ccc8S(=O)(=O)O)c(O)c7c6)c(N)c5c4O)ccc3c2O)c(S(=O)(=O)O)c1. The number of ether oxygens (including phenoxy) is 1. The largest absolute Gasteiger partial charge is 0.505 e. The van der Waals surface area contributed by atoms with E-state index in [1.165, 1.54) is 25.3 Å². The summed E-state index contributed by atoms with van der Waals surface area (Å²) in [5, 5.41) is 62.6. The van der Waals surface area contributed by atoms with Crippen molar-refractivity contribution in [2.24, 2.45) is 40.9 Å². The van der Waals surface area contributed by atoms with Crippen molar-refractivity contribution in [2.75, 3.05) is 12.8 Å². The summed E-state index contributed by atoms with van der Waals surface area (Å²) in [7, 11) is -29.7. The Morgan fingerprint density at radius 3 is 1.45 bits per heavy atom. The van der Waals surface area contributed by atoms with Crippen LogP contribution in [0.1, 0.15) is 0 Å². The number of phenolic OH excluding ortho intramolecular Hbond substituents is 3. The molecule has 0 aromatic heterocycles. The molecule has 0 bridgehead atoms. The highest BCUT2D eigenvalue weighted by Gasteiger charge is 2.27. The number of anilines is 1. The van der Waals surface area contributed by atoms with Gasteiger partial charge in [-0.3, -0.25) is 27.3 Å². The van der Waals surface area contributed by atoms with Crippen LogP contribution in [-0.4, -0.2) is 100 Å². The lowest BCUT2D eigenvalue weighted by atomic mass is 10.1. The number of aromatic hydroxyl groups is 3. The zero-order valence-corrected chi connectivity index (χ0v) is 44.2. The van der Waals surface area contributed by atoms with E-state index in [2.05, 4.69) is 40.9 Å². The summed E-state index contributed by atoms with van der Waals surface area (Å²) < 4.78 is 211. The summed E-state index contributed by atoms with van der Waals surface area (Å²) >= 11 is 0. The van der Waals surface area contributed by atoms with Gasteiger partial charge in [0, 0.05) is 22.2 Å². The molecule has 31 nitrogen and oxygen atoms in total. The van der Waals surface area contributed by atoms with Gasteiger partial charge >= 0.3 is 0 Å². The Morgan fingerprint density at radius 1 is 0.375 bits per heavy atom. The third-order valence-corrected chi connectivity index (χ3v) is 16.4. The quantitative estimate of drug-likeness (QED) is 0.0260. The summed E-state index contributed by atoms with van der Waals surface area (Å²) in [4.78, 5) is -5.88. The van der Waals surface area contributed by atoms with E-state index in [1.807, 2.05) is 0 Å². The molecular formula is C43H31N9O22S6. The first-order chi connectivity index (χ1) is 37.1. The van der Waals surface area contributed by atoms with E-state index in [1.54, 1.807) is 0 Å². The minimum absolute atomic E-state index is 0.0181. The van der Waals surface area contributed by atoms with Crippen molar-refractivity contribution in [2.45, 2.75) is 29.4 Å². The van der Waals surface area contributed by atoms with Crippen molar-refractivity contribution in [3.05, 3.63) is 103 Å². The van der Waals surface area contributed by atoms with E-state index in [0.29, 0.717) is 18.2 Å². The maximum Gasteiger partial charge on any atom is 0.296 e. The average molecular weight is 1220 g/mol. The van der Waals surface area contributed by atoms with Crippen molar-refractivity contribution < 1.29 is 97.9 Å². The van der Waals surface area contributed by atoms with Gasteiger partial charge in [-0.25, -0.2) is 0 Å². The summed E-state index contributed by atoms with van der Waals surface area (Å²) in [6.45, 7) is 0. The molecule has 0 radical (unpaired) electrons. The topological polar surface area (TPSA) is 521 Å². The molecule has 37 heteroatoms. The molecule has 0 fully saturated rings. The van der Waals surface area contributed by atoms with Crippen molar-refractivity contribution in [3.8, 4) is 23.0 Å². The number of nitrogens with zero attached hydrogens (tertiary/aromatic N) is 8. The molecule has 0 saturated heterocycles. The van der Waals surface area contributed by atoms with Crippen LogP contribution in [0.25, 0.3) is 32.3 Å². The summed E-state index contributed by atoms with van der Waals surface area (Å²) in [6, 6.07) is 16.1. The predicted octanol–water partition coefficient (Wildman–Crippen LogP) is 9.00. The molecule has 8 aromatic rings. The molecule has 0 saturated carbocycles. The Hall–Kier alpha value is -8.60. The number of hydrogen-bond donors (Lipinski definition) is 10. The van der Waals surface area contributed by atoms with Crippen molar-refractivity contribution >= 4 is 144 Å². The van der Waals surface area contributed by atoms with E-state index in [4.69, 9.17) is 10.5 Å². The third kappa shape index (κ3) is 11.7. The molecule has 11 N–H and O–H groups in total. The highest BCUT2D eigenvalue weighted by atomic mass is 32.2. The van der Waals surface area contributed by atoms with Crippen LogP contribution in [0, 0.1) is 0 Å². The molecule has 0 heterocycles. The van der Waals surface area contributed by atoms with Crippen LogP contribution in [0.15, 0.2) is 173 Å². The van der Waals surface area contributed by atoms with Gasteiger partial charge in [0.25, 0.3) is 60.7 Å². The molecule has 0 unspecified atom stereocenters. The van der Waals surface area contributed by atoms with E-state index in [9.17, 15) is 93.1 Å². The minimum Gasteiger partial charge on any atom is -0.505 e. The lowest BCUT2D eigenvalue weighted by molar-refractivity contribution is 0.412. The molecule has 8 aromatic carbocycles. The highest BCUT2D eigenvalue weighted by Crippen LogP contribution is 2.48. The second kappa shape index (κ2) is 20.6. The van der Waals surface area contributed by atoms with Crippen LogP contribution in [-0.2, 0) is 60.7 Å². The lowest BCUT2D eigenvalue weighted by Gasteiger charge is -2.12. The van der Waals surface area contributed by atoms with Gasteiger partial charge in [0.05, 0.1) is 34.5 Å². The number of nitrogens with two attached hydrogens (primary N) is 1. The number of hydrogen-bond acceptors (Lipinski definition) is 25. The summed E-state index contributed by atoms with van der Waals surface area (Å²) in [5.41, 5.74) is 1.13. The Balaban J connectivity index is 1.17. The molecule has 0 aliphatic carbocycles. The Bertz CT molecular complexity index is 4870. The van der Waals surface area contributed by atoms with Gasteiger partial charge < -0.3 is 25.8 Å². The molecule has 0 aliphatic heterocycles. The van der Waals surface area contributed by atoms with Gasteiger partial charge in [0.1, 0.15) is 64.4 Å². The van der Waals surface area contributed by atoms with E-state index >= 15 is 0 Å². The third-order valence-electron chi connectivity index (χ3n) is 11.2. The molecule has 0 atom stereocenters. The average Bonchev–Trinajstić information content (AvgIpc) is 3.56. The molecule has 80 heavy (non-hydrogen) atoms. The maximum atomic E-state index is 12.7. The highest BCUT2D eigenvalue weighted by molar-refractivity contribution is 7.87. The minimum atomic E-state index is -5.31. The number of nitrogen functional groups attached to an aromatic ring is 1. The number of fused-ring (bicyclic) bond motifs is 3. The van der Waals surface area contributed by atoms with Gasteiger partial charge in [0.15, 0.2) is 17.2 Å². The van der Waals surface area contributed by atoms with Gasteiger partial charge in [-0.1, -0.05) is 12.1 Å². The molecule has 8 rings (SSSR count). The van der Waals surface area contributed by atoms with E-state index in [-0.39, 0.29) is 44.1 Å². The zero-order chi connectivity index (χ0) is 58.8. The van der Waals surface area contributed by atoms with Crippen molar-refractivity contribution in [3.63, 3.8) is 0 Å². The van der Waals surface area contributed by atoms with E-state index < -0.39 is 153 Å². The molecule has 0 aliphatic rings. The van der Waals surface area contributed by atoms with Crippen LogP contribution in [0.3, 0.4) is 0 Å².